The van der Waals surface area contributed by atoms with Crippen LogP contribution < -0.4 is 0 Å². The van der Waals surface area contributed by atoms with Crippen LogP contribution in [0.5, 0.6) is 0 Å². The van der Waals surface area contributed by atoms with Gasteiger partial charge in [-0.25, -0.2) is 4.79 Å². The molecule has 1 aromatic heterocycles. The Morgan fingerprint density at radius 2 is 2.12 bits per heavy atom. The van der Waals surface area contributed by atoms with Crippen LogP contribution in [-0.2, 0) is 15.1 Å². The highest BCUT2D eigenvalue weighted by Gasteiger charge is 2.37. The summed E-state index contributed by atoms with van der Waals surface area (Å²) in [5.74, 6) is -0.987. The van der Waals surface area contributed by atoms with Crippen LogP contribution in [0.3, 0.4) is 0 Å². The number of nitrogens with zero attached hydrogens (tertiary/aromatic N) is 1. The molecule has 0 aliphatic rings. The van der Waals surface area contributed by atoms with E-state index in [0.717, 1.165) is 6.42 Å². The van der Waals surface area contributed by atoms with Crippen molar-refractivity contribution in [1.82, 2.24) is 4.98 Å². The highest BCUT2D eigenvalue weighted by Crippen LogP contribution is 2.27. The van der Waals surface area contributed by atoms with Gasteiger partial charge in [0, 0.05) is 12.4 Å². The Labute approximate surface area is 95.3 Å². The minimum Gasteiger partial charge on any atom is -0.479 e. The maximum Gasteiger partial charge on any atom is 0.340 e. The summed E-state index contributed by atoms with van der Waals surface area (Å²) >= 11 is 0. The minimum atomic E-state index is -1.31. The summed E-state index contributed by atoms with van der Waals surface area (Å²) in [6.45, 7) is 5.39. The first kappa shape index (κ1) is 12.6. The normalized spacial score (nSPS) is 16.4. The topological polar surface area (TPSA) is 59.4 Å². The zero-order valence-corrected chi connectivity index (χ0v) is 9.80. The smallest absolute Gasteiger partial charge is 0.340 e. The molecule has 1 aromatic rings. The van der Waals surface area contributed by atoms with Gasteiger partial charge in [-0.05, 0) is 38.0 Å². The van der Waals surface area contributed by atoms with E-state index in [2.05, 4.69) is 4.98 Å². The summed E-state index contributed by atoms with van der Waals surface area (Å²) in [6.07, 6.45) is 3.80. The SMILES string of the molecule is CCC(C)OC(C)(C(=O)O)c1ccncc1. The molecule has 1 heterocycles. The van der Waals surface area contributed by atoms with Crippen molar-refractivity contribution in [2.75, 3.05) is 0 Å². The molecule has 0 spiro atoms. The molecule has 2 atom stereocenters. The molecule has 88 valence electrons. The van der Waals surface area contributed by atoms with Crippen molar-refractivity contribution in [2.45, 2.75) is 38.9 Å². The molecular formula is C12H17NO3. The number of rotatable bonds is 5. The third-order valence-electron chi connectivity index (χ3n) is 2.65. The molecule has 2 unspecified atom stereocenters. The molecule has 1 N–H and O–H groups in total. The Kier molecular flexibility index (Phi) is 4.01. The molecule has 0 amide bonds. The summed E-state index contributed by atoms with van der Waals surface area (Å²) in [4.78, 5) is 15.2. The molecule has 0 saturated heterocycles. The lowest BCUT2D eigenvalue weighted by Crippen LogP contribution is -2.38. The summed E-state index contributed by atoms with van der Waals surface area (Å²) in [6, 6.07) is 3.33. The first-order valence-electron chi connectivity index (χ1n) is 5.32. The average Bonchev–Trinajstić information content (AvgIpc) is 2.29. The van der Waals surface area contributed by atoms with Gasteiger partial charge in [-0.1, -0.05) is 6.92 Å². The molecule has 4 heteroatoms. The van der Waals surface area contributed by atoms with Gasteiger partial charge in [0.2, 0.25) is 0 Å². The van der Waals surface area contributed by atoms with E-state index in [1.807, 2.05) is 13.8 Å². The molecule has 0 aliphatic carbocycles. The van der Waals surface area contributed by atoms with Crippen molar-refractivity contribution < 1.29 is 14.6 Å². The Morgan fingerprint density at radius 1 is 1.56 bits per heavy atom. The van der Waals surface area contributed by atoms with E-state index in [1.165, 1.54) is 0 Å². The predicted octanol–water partition coefficient (Wildman–Crippen LogP) is 2.20. The summed E-state index contributed by atoms with van der Waals surface area (Å²) in [5, 5.41) is 9.28. The molecular weight excluding hydrogens is 206 g/mol. The van der Waals surface area contributed by atoms with Crippen molar-refractivity contribution >= 4 is 5.97 Å². The van der Waals surface area contributed by atoms with E-state index in [9.17, 15) is 9.90 Å². The van der Waals surface area contributed by atoms with Gasteiger partial charge < -0.3 is 9.84 Å². The number of hydrogen-bond donors (Lipinski definition) is 1. The molecule has 4 nitrogen and oxygen atoms in total. The van der Waals surface area contributed by atoms with Gasteiger partial charge in [0.15, 0.2) is 5.60 Å². The van der Waals surface area contributed by atoms with Gasteiger partial charge in [0.05, 0.1) is 6.10 Å². The van der Waals surface area contributed by atoms with Crippen LogP contribution in [0, 0.1) is 0 Å². The second-order valence-electron chi connectivity index (χ2n) is 3.91. The van der Waals surface area contributed by atoms with E-state index in [-0.39, 0.29) is 6.10 Å². The highest BCUT2D eigenvalue weighted by molar-refractivity contribution is 5.78. The Bertz CT molecular complexity index is 353. The number of carbonyl (C=O) groups is 1. The van der Waals surface area contributed by atoms with Crippen LogP contribution in [0.25, 0.3) is 0 Å². The molecule has 0 aromatic carbocycles. The molecule has 16 heavy (non-hydrogen) atoms. The lowest BCUT2D eigenvalue weighted by molar-refractivity contribution is -0.172. The van der Waals surface area contributed by atoms with Crippen molar-refractivity contribution in [3.05, 3.63) is 30.1 Å². The van der Waals surface area contributed by atoms with Gasteiger partial charge >= 0.3 is 5.97 Å². The second-order valence-corrected chi connectivity index (χ2v) is 3.91. The van der Waals surface area contributed by atoms with Crippen molar-refractivity contribution in [1.29, 1.82) is 0 Å². The van der Waals surface area contributed by atoms with E-state index >= 15 is 0 Å². The fourth-order valence-electron chi connectivity index (χ4n) is 1.40. The first-order valence-corrected chi connectivity index (χ1v) is 5.32. The standard InChI is InChI=1S/C12H17NO3/c1-4-9(2)16-12(3,11(14)15)10-5-7-13-8-6-10/h5-9H,4H2,1-3H3,(H,14,15). The number of aliphatic carboxylic acids is 1. The van der Waals surface area contributed by atoms with Gasteiger partial charge in [-0.15, -0.1) is 0 Å². The van der Waals surface area contributed by atoms with Gasteiger partial charge in [-0.2, -0.15) is 0 Å². The van der Waals surface area contributed by atoms with E-state index < -0.39 is 11.6 Å². The zero-order valence-electron chi connectivity index (χ0n) is 9.80. The molecule has 1 rings (SSSR count). The predicted molar refractivity (Wildman–Crippen MR) is 60.1 cm³/mol. The lowest BCUT2D eigenvalue weighted by Gasteiger charge is -2.28. The summed E-state index contributed by atoms with van der Waals surface area (Å²) in [5.41, 5.74) is -0.700. The Morgan fingerprint density at radius 3 is 2.56 bits per heavy atom. The lowest BCUT2D eigenvalue weighted by atomic mass is 9.96. The number of hydrogen-bond acceptors (Lipinski definition) is 3. The zero-order chi connectivity index (χ0) is 12.2. The molecule has 0 aliphatic heterocycles. The fraction of sp³-hybridized carbons (Fsp3) is 0.500. The monoisotopic (exact) mass is 223 g/mol. The first-order chi connectivity index (χ1) is 7.50. The van der Waals surface area contributed by atoms with Crippen molar-refractivity contribution in [2.24, 2.45) is 0 Å². The fourth-order valence-corrected chi connectivity index (χ4v) is 1.40. The summed E-state index contributed by atoms with van der Waals surface area (Å²) in [7, 11) is 0. The molecule has 0 saturated carbocycles. The van der Waals surface area contributed by atoms with Crippen molar-refractivity contribution in [3.8, 4) is 0 Å². The Balaban J connectivity index is 3.02. The van der Waals surface area contributed by atoms with E-state index in [4.69, 9.17) is 4.74 Å². The third-order valence-corrected chi connectivity index (χ3v) is 2.65. The maximum absolute atomic E-state index is 11.3. The third kappa shape index (κ3) is 2.58. The van der Waals surface area contributed by atoms with Gasteiger partial charge in [0.1, 0.15) is 0 Å². The molecule has 0 fully saturated rings. The quantitative estimate of drug-likeness (QED) is 0.831. The highest BCUT2D eigenvalue weighted by atomic mass is 16.5. The number of carboxylic acids is 1. The average molecular weight is 223 g/mol. The van der Waals surface area contributed by atoms with Crippen LogP contribution in [-0.4, -0.2) is 22.2 Å². The van der Waals surface area contributed by atoms with E-state index in [0.29, 0.717) is 5.56 Å². The maximum atomic E-state index is 11.3. The van der Waals surface area contributed by atoms with Crippen LogP contribution in [0.1, 0.15) is 32.8 Å². The van der Waals surface area contributed by atoms with Gasteiger partial charge in [0.25, 0.3) is 0 Å². The van der Waals surface area contributed by atoms with E-state index in [1.54, 1.807) is 31.5 Å². The Hall–Kier alpha value is -1.42. The number of carboxylic acid groups (broad SMARTS) is 1. The van der Waals surface area contributed by atoms with Crippen LogP contribution in [0.4, 0.5) is 0 Å². The summed E-state index contributed by atoms with van der Waals surface area (Å²) < 4.78 is 5.61. The largest absolute Gasteiger partial charge is 0.479 e. The van der Waals surface area contributed by atoms with Crippen LogP contribution in [0.2, 0.25) is 0 Å². The number of ether oxygens (including phenoxy) is 1. The second kappa shape index (κ2) is 5.07. The molecule has 0 bridgehead atoms. The van der Waals surface area contributed by atoms with Crippen LogP contribution in [0.15, 0.2) is 24.5 Å². The van der Waals surface area contributed by atoms with Crippen molar-refractivity contribution in [3.63, 3.8) is 0 Å². The minimum absolute atomic E-state index is 0.103. The molecule has 0 radical (unpaired) electrons. The number of aromatic nitrogens is 1. The number of pyridine rings is 1. The van der Waals surface area contributed by atoms with Gasteiger partial charge in [-0.3, -0.25) is 4.98 Å². The van der Waals surface area contributed by atoms with Crippen LogP contribution >= 0.6 is 0 Å².